The average molecular weight is 524 g/mol. The van der Waals surface area contributed by atoms with E-state index in [1.54, 1.807) is 17.0 Å². The van der Waals surface area contributed by atoms with Crippen molar-refractivity contribution < 1.29 is 24.1 Å². The Labute approximate surface area is 221 Å². The number of nitrogens with zero attached hydrogens (tertiary/aromatic N) is 5. The van der Waals surface area contributed by atoms with Crippen LogP contribution in [-0.4, -0.2) is 67.7 Å². The quantitative estimate of drug-likeness (QED) is 0.442. The van der Waals surface area contributed by atoms with Gasteiger partial charge < -0.3 is 24.4 Å². The van der Waals surface area contributed by atoms with E-state index >= 15 is 0 Å². The number of hydrogen-bond acceptors (Lipinski definition) is 7. The minimum absolute atomic E-state index is 0.103. The van der Waals surface area contributed by atoms with E-state index in [1.807, 2.05) is 30.5 Å². The number of fused-ring (bicyclic) bond motifs is 1. The summed E-state index contributed by atoms with van der Waals surface area (Å²) in [5.74, 6) is 1.40. The average Bonchev–Trinajstić information content (AvgIpc) is 3.23. The van der Waals surface area contributed by atoms with E-state index < -0.39 is 6.35 Å². The second-order valence-electron chi connectivity index (χ2n) is 10.1. The lowest BCUT2D eigenvalue weighted by atomic mass is 9.84. The van der Waals surface area contributed by atoms with Gasteiger partial charge in [-0.3, -0.25) is 9.69 Å². The highest BCUT2D eigenvalue weighted by atomic mass is 19.1. The minimum atomic E-state index is -1.20. The molecule has 3 heterocycles. The van der Waals surface area contributed by atoms with Crippen molar-refractivity contribution in [3.8, 4) is 17.3 Å². The first kappa shape index (κ1) is 26.1. The maximum absolute atomic E-state index is 13.7. The van der Waals surface area contributed by atoms with Crippen LogP contribution in [0.5, 0.6) is 5.88 Å². The van der Waals surface area contributed by atoms with Crippen molar-refractivity contribution in [1.29, 1.82) is 0 Å². The van der Waals surface area contributed by atoms with E-state index in [1.165, 1.54) is 17.0 Å². The summed E-state index contributed by atoms with van der Waals surface area (Å²) in [5.41, 5.74) is 2.56. The van der Waals surface area contributed by atoms with Crippen molar-refractivity contribution in [2.75, 3.05) is 24.6 Å². The Balaban J connectivity index is 1.59. The number of imidazole rings is 1. The van der Waals surface area contributed by atoms with Crippen molar-refractivity contribution in [3.63, 3.8) is 0 Å². The Bertz CT molecular complexity index is 1310. The molecule has 202 valence electrons. The first-order valence-corrected chi connectivity index (χ1v) is 13.2. The fourth-order valence-electron chi connectivity index (χ4n) is 5.21. The van der Waals surface area contributed by atoms with E-state index in [0.717, 1.165) is 24.0 Å². The topological polar surface area (TPSA) is 104 Å². The fraction of sp³-hybridized carbons (Fsp3) is 0.464. The zero-order chi connectivity index (χ0) is 27.0. The van der Waals surface area contributed by atoms with E-state index in [2.05, 4.69) is 11.9 Å². The molecule has 10 heteroatoms. The molecule has 0 saturated heterocycles. The second-order valence-corrected chi connectivity index (χ2v) is 10.1. The predicted octanol–water partition coefficient (Wildman–Crippen LogP) is 3.56. The molecule has 5 rings (SSSR count). The molecule has 2 aromatic heterocycles. The number of carbonyl (C=O) groups excluding carboxylic acids is 1. The maximum Gasteiger partial charge on any atom is 0.277 e. The van der Waals surface area contributed by atoms with E-state index in [4.69, 9.17) is 9.72 Å². The molecule has 2 aliphatic rings. The molecule has 1 amide bonds. The molecule has 1 aliphatic carbocycles. The summed E-state index contributed by atoms with van der Waals surface area (Å²) in [6, 6.07) is 9.84. The van der Waals surface area contributed by atoms with Crippen molar-refractivity contribution in [1.82, 2.24) is 19.4 Å². The first-order chi connectivity index (χ1) is 18.3. The number of ether oxygens (including phenoxy) is 1. The maximum atomic E-state index is 13.7. The molecule has 2 N–H and O–H groups in total. The largest absolute Gasteiger partial charge is 0.474 e. The number of aliphatic hydroxyl groups is 2. The molecule has 38 heavy (non-hydrogen) atoms. The zero-order valence-electron chi connectivity index (χ0n) is 22.0. The van der Waals surface area contributed by atoms with Crippen LogP contribution in [-0.2, 0) is 6.54 Å². The third-order valence-corrected chi connectivity index (χ3v) is 7.31. The van der Waals surface area contributed by atoms with Gasteiger partial charge in [-0.1, -0.05) is 19.1 Å². The number of aliphatic hydroxyl groups excluding tert-OH is 2. The number of halogens is 1. The smallest absolute Gasteiger partial charge is 0.277 e. The lowest BCUT2D eigenvalue weighted by Crippen LogP contribution is -2.56. The number of hydrogen-bond donors (Lipinski definition) is 2. The Kier molecular flexibility index (Phi) is 7.36. The monoisotopic (exact) mass is 523 g/mol. The number of amides is 1. The molecular weight excluding hydrogens is 489 g/mol. The molecule has 3 aromatic rings. The first-order valence-electron chi connectivity index (χ1n) is 13.2. The molecule has 1 aliphatic heterocycles. The second kappa shape index (κ2) is 10.7. The molecule has 1 atom stereocenters. The van der Waals surface area contributed by atoms with Crippen LogP contribution in [0.1, 0.15) is 54.9 Å². The van der Waals surface area contributed by atoms with Crippen LogP contribution < -0.4 is 9.64 Å². The number of carbonyl (C=O) groups is 1. The summed E-state index contributed by atoms with van der Waals surface area (Å²) in [6.07, 6.45) is 1.34. The van der Waals surface area contributed by atoms with Gasteiger partial charge in [0.15, 0.2) is 11.5 Å². The highest BCUT2D eigenvalue weighted by Crippen LogP contribution is 2.37. The predicted molar refractivity (Wildman–Crippen MR) is 140 cm³/mol. The van der Waals surface area contributed by atoms with E-state index in [9.17, 15) is 19.4 Å². The molecule has 1 unspecified atom stereocenters. The van der Waals surface area contributed by atoms with Crippen LogP contribution in [0.2, 0.25) is 0 Å². The number of aryl methyl sites for hydroxylation is 1. The van der Waals surface area contributed by atoms with Crippen LogP contribution in [0, 0.1) is 18.7 Å². The number of rotatable bonds is 9. The standard InChI is InChI=1S/C28H34FN5O4/c1-4-32-26-24(27(36)33(28(32)37)12-5-13-35)34(16-19-6-8-20(29)9-7-19)25(31-26)22-10-11-23(30-18(22)3)38-21-14-17(2)15-21/h6-11,17,21,28,35,37H,4-5,12-16H2,1-3H3. The summed E-state index contributed by atoms with van der Waals surface area (Å²) in [5, 5.41) is 20.4. The number of aromatic nitrogens is 3. The fourth-order valence-corrected chi connectivity index (χ4v) is 5.21. The van der Waals surface area contributed by atoms with Gasteiger partial charge in [-0.05, 0) is 62.8 Å². The Morgan fingerprint density at radius 2 is 1.84 bits per heavy atom. The van der Waals surface area contributed by atoms with E-state index in [0.29, 0.717) is 47.8 Å². The normalized spacial score (nSPS) is 20.9. The summed E-state index contributed by atoms with van der Waals surface area (Å²) < 4.78 is 21.5. The molecule has 0 radical (unpaired) electrons. The van der Waals surface area contributed by atoms with E-state index in [-0.39, 0.29) is 37.5 Å². The van der Waals surface area contributed by atoms with Crippen LogP contribution in [0.15, 0.2) is 36.4 Å². The van der Waals surface area contributed by atoms with Crippen LogP contribution in [0.25, 0.3) is 11.4 Å². The summed E-state index contributed by atoms with van der Waals surface area (Å²) in [6.45, 7) is 6.73. The van der Waals surface area contributed by atoms with Crippen LogP contribution >= 0.6 is 0 Å². The Morgan fingerprint density at radius 1 is 1.11 bits per heavy atom. The molecule has 0 spiro atoms. The Hall–Kier alpha value is -3.50. The van der Waals surface area contributed by atoms with Gasteiger partial charge >= 0.3 is 0 Å². The van der Waals surface area contributed by atoms with Gasteiger partial charge in [-0.2, -0.15) is 0 Å². The van der Waals surface area contributed by atoms with Crippen LogP contribution in [0.4, 0.5) is 10.2 Å². The highest BCUT2D eigenvalue weighted by Gasteiger charge is 2.41. The third kappa shape index (κ3) is 4.86. The zero-order valence-corrected chi connectivity index (χ0v) is 22.0. The van der Waals surface area contributed by atoms with Gasteiger partial charge in [0.25, 0.3) is 5.91 Å². The van der Waals surface area contributed by atoms with Crippen molar-refractivity contribution in [2.24, 2.45) is 5.92 Å². The molecular formula is C28H34FN5O4. The number of benzene rings is 1. The van der Waals surface area contributed by atoms with Gasteiger partial charge in [0.1, 0.15) is 17.7 Å². The van der Waals surface area contributed by atoms with Crippen LogP contribution in [0.3, 0.4) is 0 Å². The minimum Gasteiger partial charge on any atom is -0.474 e. The third-order valence-electron chi connectivity index (χ3n) is 7.31. The van der Waals surface area contributed by atoms with Gasteiger partial charge in [0.2, 0.25) is 12.2 Å². The van der Waals surface area contributed by atoms with Gasteiger partial charge in [-0.15, -0.1) is 0 Å². The number of pyridine rings is 1. The molecule has 9 nitrogen and oxygen atoms in total. The summed E-state index contributed by atoms with van der Waals surface area (Å²) in [7, 11) is 0. The van der Waals surface area contributed by atoms with Gasteiger partial charge in [0.05, 0.1) is 5.69 Å². The molecule has 1 saturated carbocycles. The SMILES string of the molecule is CCN1c2nc(-c3ccc(OC4CC(C)C4)nc3C)n(Cc3ccc(F)cc3)c2C(=O)N(CCCO)C1O. The van der Waals surface area contributed by atoms with Gasteiger partial charge in [-0.25, -0.2) is 14.4 Å². The van der Waals surface area contributed by atoms with Crippen molar-refractivity contribution in [3.05, 3.63) is 59.2 Å². The molecule has 1 fully saturated rings. The lowest BCUT2D eigenvalue weighted by Gasteiger charge is -2.40. The van der Waals surface area contributed by atoms with Gasteiger partial charge in [0, 0.05) is 37.9 Å². The Morgan fingerprint density at radius 3 is 2.47 bits per heavy atom. The summed E-state index contributed by atoms with van der Waals surface area (Å²) in [4.78, 5) is 26.3. The molecule has 1 aromatic carbocycles. The lowest BCUT2D eigenvalue weighted by molar-refractivity contribution is -0.00104. The number of anilines is 1. The van der Waals surface area contributed by atoms with Crippen molar-refractivity contribution in [2.45, 2.75) is 59.0 Å². The highest BCUT2D eigenvalue weighted by molar-refractivity contribution is 6.00. The van der Waals surface area contributed by atoms with Crippen molar-refractivity contribution >= 4 is 11.7 Å². The summed E-state index contributed by atoms with van der Waals surface area (Å²) >= 11 is 0. The molecule has 0 bridgehead atoms.